The highest BCUT2D eigenvalue weighted by Crippen LogP contribution is 2.28. The molecule has 1 atom stereocenters. The zero-order valence-corrected chi connectivity index (χ0v) is 16.5. The number of carbonyl (C=O) groups excluding carboxylic acids is 1. The first kappa shape index (κ1) is 18.8. The number of carbonyl (C=O) groups is 1. The highest BCUT2D eigenvalue weighted by molar-refractivity contribution is 7.84. The Morgan fingerprint density at radius 3 is 2.38 bits per heavy atom. The summed E-state index contributed by atoms with van der Waals surface area (Å²) in [4.78, 5) is 29.3. The van der Waals surface area contributed by atoms with Crippen LogP contribution >= 0.6 is 0 Å². The number of hydrogen-bond acceptors (Lipinski definition) is 3. The van der Waals surface area contributed by atoms with Crippen LogP contribution in [0, 0.1) is 0 Å². The van der Waals surface area contributed by atoms with Crippen molar-refractivity contribution in [2.75, 3.05) is 11.6 Å². The standard InChI is InChI=1S/C23H18N2O3S/c1-29(28)16-12-10-15(11-13-16)17-6-2-5-9-21(17)25-23(27)19-14-24-20-8-4-3-7-18(20)22(19)26/h2-14H,1H3,(H,24,26)(H,25,27)/t29-/m1/s1. The number of pyridine rings is 1. The fraction of sp³-hybridized carbons (Fsp3) is 0.0435. The van der Waals surface area contributed by atoms with Crippen molar-refractivity contribution in [3.63, 3.8) is 0 Å². The maximum atomic E-state index is 12.8. The lowest BCUT2D eigenvalue weighted by Gasteiger charge is -2.12. The van der Waals surface area contributed by atoms with Gasteiger partial charge in [-0.1, -0.05) is 42.5 Å². The van der Waals surface area contributed by atoms with Gasteiger partial charge in [0.2, 0.25) is 5.43 Å². The minimum absolute atomic E-state index is 0.0511. The molecule has 4 rings (SSSR count). The molecule has 0 saturated carbocycles. The largest absolute Gasteiger partial charge is 0.360 e. The Kier molecular flexibility index (Phi) is 5.10. The Hall–Kier alpha value is -3.51. The van der Waals surface area contributed by atoms with E-state index in [0.717, 1.165) is 16.0 Å². The maximum absolute atomic E-state index is 12.8. The molecule has 0 bridgehead atoms. The number of nitrogens with one attached hydrogen (secondary N) is 2. The summed E-state index contributed by atoms with van der Waals surface area (Å²) >= 11 is 0. The van der Waals surface area contributed by atoms with Crippen LogP contribution in [0.25, 0.3) is 22.0 Å². The van der Waals surface area contributed by atoms with Crippen molar-refractivity contribution in [1.29, 1.82) is 0 Å². The fourth-order valence-corrected chi connectivity index (χ4v) is 3.72. The predicted molar refractivity (Wildman–Crippen MR) is 117 cm³/mol. The zero-order chi connectivity index (χ0) is 20.4. The van der Waals surface area contributed by atoms with Gasteiger partial charge in [-0.05, 0) is 35.9 Å². The summed E-state index contributed by atoms with van der Waals surface area (Å²) in [6.07, 6.45) is 3.07. The van der Waals surface area contributed by atoms with Gasteiger partial charge in [-0.25, -0.2) is 0 Å². The molecule has 144 valence electrons. The average molecular weight is 402 g/mol. The molecule has 1 amide bonds. The van der Waals surface area contributed by atoms with Gasteiger partial charge < -0.3 is 10.3 Å². The summed E-state index contributed by atoms with van der Waals surface area (Å²) in [5.41, 5.74) is 2.70. The molecule has 0 aliphatic rings. The number of hydrogen-bond donors (Lipinski definition) is 2. The van der Waals surface area contributed by atoms with Crippen molar-refractivity contribution in [3.8, 4) is 11.1 Å². The molecule has 0 aliphatic heterocycles. The molecule has 1 aromatic heterocycles. The molecular weight excluding hydrogens is 384 g/mol. The smallest absolute Gasteiger partial charge is 0.261 e. The molecule has 6 heteroatoms. The van der Waals surface area contributed by atoms with Crippen LogP contribution < -0.4 is 10.7 Å². The van der Waals surface area contributed by atoms with E-state index in [9.17, 15) is 13.8 Å². The Morgan fingerprint density at radius 1 is 0.931 bits per heavy atom. The highest BCUT2D eigenvalue weighted by atomic mass is 32.2. The number of rotatable bonds is 4. The molecule has 2 N–H and O–H groups in total. The van der Waals surface area contributed by atoms with E-state index in [1.807, 2.05) is 36.4 Å². The van der Waals surface area contributed by atoms with Gasteiger partial charge in [-0.15, -0.1) is 0 Å². The van der Waals surface area contributed by atoms with Gasteiger partial charge in [0, 0.05) is 50.3 Å². The lowest BCUT2D eigenvalue weighted by molar-refractivity contribution is 0.102. The van der Waals surface area contributed by atoms with Crippen molar-refractivity contribution in [2.24, 2.45) is 0 Å². The Labute approximate surface area is 169 Å². The van der Waals surface area contributed by atoms with Crippen LogP contribution in [0.5, 0.6) is 0 Å². The van der Waals surface area contributed by atoms with Crippen molar-refractivity contribution in [3.05, 3.63) is 94.8 Å². The van der Waals surface area contributed by atoms with Gasteiger partial charge >= 0.3 is 0 Å². The normalized spacial score (nSPS) is 11.9. The van der Waals surface area contributed by atoms with Crippen molar-refractivity contribution < 1.29 is 9.00 Å². The first-order valence-electron chi connectivity index (χ1n) is 8.99. The summed E-state index contributed by atoms with van der Waals surface area (Å²) in [5, 5.41) is 3.32. The molecule has 0 fully saturated rings. The van der Waals surface area contributed by atoms with Gasteiger partial charge in [-0.2, -0.15) is 0 Å². The van der Waals surface area contributed by atoms with E-state index >= 15 is 0 Å². The summed E-state index contributed by atoms with van der Waals surface area (Å²) < 4.78 is 11.6. The van der Waals surface area contributed by atoms with Crippen molar-refractivity contribution in [2.45, 2.75) is 4.90 Å². The minimum Gasteiger partial charge on any atom is -0.360 e. The topological polar surface area (TPSA) is 79.0 Å². The Bertz CT molecular complexity index is 1290. The van der Waals surface area contributed by atoms with Crippen LogP contribution in [0.3, 0.4) is 0 Å². The van der Waals surface area contributed by atoms with E-state index in [1.165, 1.54) is 6.20 Å². The lowest BCUT2D eigenvalue weighted by atomic mass is 10.0. The van der Waals surface area contributed by atoms with Crippen LogP contribution in [0.15, 0.2) is 88.7 Å². The number of para-hydroxylation sites is 2. The quantitative estimate of drug-likeness (QED) is 0.537. The maximum Gasteiger partial charge on any atom is 0.261 e. The van der Waals surface area contributed by atoms with Gasteiger partial charge in [0.05, 0.1) is 0 Å². The van der Waals surface area contributed by atoms with Gasteiger partial charge in [-0.3, -0.25) is 13.8 Å². The van der Waals surface area contributed by atoms with Crippen LogP contribution in [-0.4, -0.2) is 21.4 Å². The first-order chi connectivity index (χ1) is 14.0. The fourth-order valence-electron chi connectivity index (χ4n) is 3.20. The molecule has 0 unspecified atom stereocenters. The molecule has 0 radical (unpaired) electrons. The second-order valence-corrected chi connectivity index (χ2v) is 7.93. The number of fused-ring (bicyclic) bond motifs is 1. The summed E-state index contributed by atoms with van der Waals surface area (Å²) in [7, 11) is -1.06. The number of H-pyrrole nitrogens is 1. The lowest BCUT2D eigenvalue weighted by Crippen LogP contribution is -2.22. The third kappa shape index (κ3) is 3.75. The van der Waals surface area contributed by atoms with Crippen LogP contribution in [-0.2, 0) is 10.8 Å². The summed E-state index contributed by atoms with van der Waals surface area (Å²) in [6.45, 7) is 0. The van der Waals surface area contributed by atoms with E-state index < -0.39 is 16.7 Å². The van der Waals surface area contributed by atoms with E-state index in [0.29, 0.717) is 16.6 Å². The second kappa shape index (κ2) is 7.85. The van der Waals surface area contributed by atoms with E-state index in [2.05, 4.69) is 10.3 Å². The molecular formula is C23H18N2O3S. The van der Waals surface area contributed by atoms with Gasteiger partial charge in [0.15, 0.2) is 0 Å². The van der Waals surface area contributed by atoms with E-state index in [-0.39, 0.29) is 11.0 Å². The molecule has 0 saturated heterocycles. The molecule has 29 heavy (non-hydrogen) atoms. The molecule has 3 aromatic carbocycles. The second-order valence-electron chi connectivity index (χ2n) is 6.56. The SMILES string of the molecule is C[S@@](=O)c1ccc(-c2ccccc2NC(=O)c2c[nH]c3ccccc3c2=O)cc1. The predicted octanol–water partition coefficient (Wildman–Crippen LogP) is 4.18. The van der Waals surface area contributed by atoms with Crippen LogP contribution in [0.2, 0.25) is 0 Å². The Balaban J connectivity index is 1.69. The minimum atomic E-state index is -1.06. The van der Waals surface area contributed by atoms with Gasteiger partial charge in [0.25, 0.3) is 5.91 Å². The number of amides is 1. The molecule has 0 aliphatic carbocycles. The number of aromatic amines is 1. The highest BCUT2D eigenvalue weighted by Gasteiger charge is 2.15. The first-order valence-corrected chi connectivity index (χ1v) is 10.5. The van der Waals surface area contributed by atoms with Crippen LogP contribution in [0.1, 0.15) is 10.4 Å². The van der Waals surface area contributed by atoms with Crippen molar-refractivity contribution >= 4 is 33.3 Å². The third-order valence-electron chi connectivity index (χ3n) is 4.71. The number of anilines is 1. The Morgan fingerprint density at radius 2 is 1.62 bits per heavy atom. The van der Waals surface area contributed by atoms with Crippen LogP contribution in [0.4, 0.5) is 5.69 Å². The van der Waals surface area contributed by atoms with Crippen molar-refractivity contribution in [1.82, 2.24) is 4.98 Å². The van der Waals surface area contributed by atoms with E-state index in [4.69, 9.17) is 0 Å². The summed E-state index contributed by atoms with van der Waals surface area (Å²) in [6, 6.07) is 21.8. The van der Waals surface area contributed by atoms with E-state index in [1.54, 1.807) is 42.7 Å². The molecule has 0 spiro atoms. The zero-order valence-electron chi connectivity index (χ0n) is 15.6. The van der Waals surface area contributed by atoms with Gasteiger partial charge in [0.1, 0.15) is 5.56 Å². The molecule has 4 aromatic rings. The molecule has 5 nitrogen and oxygen atoms in total. The third-order valence-corrected chi connectivity index (χ3v) is 5.64. The monoisotopic (exact) mass is 402 g/mol. The molecule has 1 heterocycles. The summed E-state index contributed by atoms with van der Waals surface area (Å²) in [5.74, 6) is -0.476. The number of aromatic nitrogens is 1. The number of benzene rings is 3. The average Bonchev–Trinajstić information content (AvgIpc) is 2.74.